The SMILES string of the molecule is C=C(OCC)c1ncnc(Cl)c1Cl. The van der Waals surface area contributed by atoms with Crippen LogP contribution in [-0.4, -0.2) is 16.6 Å². The zero-order valence-corrected chi connectivity index (χ0v) is 8.56. The second-order valence-corrected chi connectivity index (χ2v) is 2.92. The monoisotopic (exact) mass is 218 g/mol. The van der Waals surface area contributed by atoms with Crippen molar-refractivity contribution < 1.29 is 4.74 Å². The molecule has 0 spiro atoms. The molecule has 3 nitrogen and oxygen atoms in total. The molecule has 1 aromatic heterocycles. The van der Waals surface area contributed by atoms with Crippen molar-refractivity contribution >= 4 is 29.0 Å². The van der Waals surface area contributed by atoms with Gasteiger partial charge in [0.2, 0.25) is 0 Å². The van der Waals surface area contributed by atoms with E-state index in [9.17, 15) is 0 Å². The lowest BCUT2D eigenvalue weighted by molar-refractivity contribution is 0.297. The van der Waals surface area contributed by atoms with Crippen LogP contribution >= 0.6 is 23.2 Å². The Balaban J connectivity index is 3.01. The van der Waals surface area contributed by atoms with Gasteiger partial charge in [0.25, 0.3) is 0 Å². The fraction of sp³-hybridized carbons (Fsp3) is 0.250. The van der Waals surface area contributed by atoms with E-state index in [0.717, 1.165) is 0 Å². The van der Waals surface area contributed by atoms with Gasteiger partial charge in [-0.3, -0.25) is 0 Å². The van der Waals surface area contributed by atoms with Gasteiger partial charge in [-0.1, -0.05) is 29.8 Å². The van der Waals surface area contributed by atoms with Gasteiger partial charge < -0.3 is 4.74 Å². The van der Waals surface area contributed by atoms with E-state index < -0.39 is 0 Å². The van der Waals surface area contributed by atoms with Gasteiger partial charge in [-0.05, 0) is 6.92 Å². The molecule has 1 aromatic rings. The fourth-order valence-electron chi connectivity index (χ4n) is 0.785. The molecule has 13 heavy (non-hydrogen) atoms. The second kappa shape index (κ2) is 4.44. The zero-order chi connectivity index (χ0) is 9.84. The van der Waals surface area contributed by atoms with E-state index in [4.69, 9.17) is 27.9 Å². The minimum atomic E-state index is 0.201. The van der Waals surface area contributed by atoms with Gasteiger partial charge >= 0.3 is 0 Å². The summed E-state index contributed by atoms with van der Waals surface area (Å²) in [6.07, 6.45) is 1.31. The first-order chi connectivity index (χ1) is 6.16. The molecule has 70 valence electrons. The minimum absolute atomic E-state index is 0.201. The summed E-state index contributed by atoms with van der Waals surface area (Å²) < 4.78 is 5.14. The number of ether oxygens (including phenoxy) is 1. The number of hydrogen-bond donors (Lipinski definition) is 0. The van der Waals surface area contributed by atoms with Crippen molar-refractivity contribution in [1.82, 2.24) is 9.97 Å². The van der Waals surface area contributed by atoms with Crippen LogP contribution in [0.25, 0.3) is 5.76 Å². The van der Waals surface area contributed by atoms with Crippen molar-refractivity contribution in [1.29, 1.82) is 0 Å². The van der Waals surface area contributed by atoms with Crippen LogP contribution in [0, 0.1) is 0 Å². The van der Waals surface area contributed by atoms with Crippen molar-refractivity contribution in [3.8, 4) is 0 Å². The number of rotatable bonds is 3. The van der Waals surface area contributed by atoms with Crippen LogP contribution in [0.5, 0.6) is 0 Å². The van der Waals surface area contributed by atoms with Crippen LogP contribution in [0.2, 0.25) is 10.2 Å². The summed E-state index contributed by atoms with van der Waals surface area (Å²) in [6, 6.07) is 0. The van der Waals surface area contributed by atoms with Crippen molar-refractivity contribution in [2.45, 2.75) is 6.92 Å². The van der Waals surface area contributed by atoms with Crippen molar-refractivity contribution in [3.63, 3.8) is 0 Å². The summed E-state index contributed by atoms with van der Waals surface area (Å²) in [5.74, 6) is 0.400. The average Bonchev–Trinajstić information content (AvgIpc) is 2.10. The van der Waals surface area contributed by atoms with E-state index in [-0.39, 0.29) is 10.2 Å². The normalized spacial score (nSPS) is 9.77. The summed E-state index contributed by atoms with van der Waals surface area (Å²) in [4.78, 5) is 7.61. The average molecular weight is 219 g/mol. The van der Waals surface area contributed by atoms with Gasteiger partial charge in [0.15, 0.2) is 5.15 Å². The number of nitrogens with zero attached hydrogens (tertiary/aromatic N) is 2. The van der Waals surface area contributed by atoms with Crippen LogP contribution in [-0.2, 0) is 4.74 Å². The molecule has 0 saturated heterocycles. The summed E-state index contributed by atoms with van der Waals surface area (Å²) in [5, 5.41) is 0.468. The molecule has 0 fully saturated rings. The second-order valence-electron chi connectivity index (χ2n) is 2.18. The van der Waals surface area contributed by atoms with Gasteiger partial charge in [-0.15, -0.1) is 0 Å². The molecule has 0 N–H and O–H groups in total. The maximum Gasteiger partial charge on any atom is 0.151 e. The molecular formula is C8H8Cl2N2O. The molecule has 0 radical (unpaired) electrons. The maximum atomic E-state index is 5.83. The van der Waals surface area contributed by atoms with Crippen LogP contribution in [0.1, 0.15) is 12.6 Å². The molecule has 1 heterocycles. The van der Waals surface area contributed by atoms with Crippen molar-refractivity contribution in [2.24, 2.45) is 0 Å². The number of halogens is 2. The Bertz CT molecular complexity index is 328. The maximum absolute atomic E-state index is 5.83. The van der Waals surface area contributed by atoms with E-state index in [1.54, 1.807) is 0 Å². The Kier molecular flexibility index (Phi) is 3.51. The molecule has 0 aliphatic heterocycles. The Morgan fingerprint density at radius 1 is 1.54 bits per heavy atom. The van der Waals surface area contributed by atoms with Gasteiger partial charge in [0.05, 0.1) is 6.61 Å². The van der Waals surface area contributed by atoms with E-state index >= 15 is 0 Å². The first-order valence-electron chi connectivity index (χ1n) is 3.65. The number of aromatic nitrogens is 2. The van der Waals surface area contributed by atoms with Crippen molar-refractivity contribution in [2.75, 3.05) is 6.61 Å². The van der Waals surface area contributed by atoms with Crippen LogP contribution in [0.15, 0.2) is 12.9 Å². The van der Waals surface area contributed by atoms with E-state index in [0.29, 0.717) is 18.1 Å². The highest BCUT2D eigenvalue weighted by Crippen LogP contribution is 2.26. The molecule has 0 atom stereocenters. The largest absolute Gasteiger partial charge is 0.492 e. The molecular weight excluding hydrogens is 211 g/mol. The standard InChI is InChI=1S/C8H8Cl2N2O/c1-3-13-5(2)7-6(9)8(10)12-4-11-7/h4H,2-3H2,1H3. The highest BCUT2D eigenvalue weighted by Gasteiger charge is 2.10. The predicted octanol–water partition coefficient (Wildman–Crippen LogP) is 2.79. The lowest BCUT2D eigenvalue weighted by atomic mass is 10.3. The van der Waals surface area contributed by atoms with E-state index in [1.807, 2.05) is 6.92 Å². The third-order valence-electron chi connectivity index (χ3n) is 1.33. The van der Waals surface area contributed by atoms with Gasteiger partial charge in [-0.2, -0.15) is 0 Å². The first-order valence-corrected chi connectivity index (χ1v) is 4.40. The van der Waals surface area contributed by atoms with E-state index in [2.05, 4.69) is 16.5 Å². The lowest BCUT2D eigenvalue weighted by Gasteiger charge is -2.07. The first kappa shape index (κ1) is 10.3. The molecule has 0 saturated carbocycles. The van der Waals surface area contributed by atoms with Gasteiger partial charge in [-0.25, -0.2) is 9.97 Å². The Labute approximate surface area is 86.4 Å². The van der Waals surface area contributed by atoms with E-state index in [1.165, 1.54) is 6.33 Å². The van der Waals surface area contributed by atoms with Gasteiger partial charge in [0, 0.05) is 0 Å². The Morgan fingerprint density at radius 2 is 2.23 bits per heavy atom. The topological polar surface area (TPSA) is 35.0 Å². The summed E-state index contributed by atoms with van der Waals surface area (Å²) >= 11 is 11.5. The van der Waals surface area contributed by atoms with Crippen LogP contribution in [0.3, 0.4) is 0 Å². The van der Waals surface area contributed by atoms with Crippen molar-refractivity contribution in [3.05, 3.63) is 28.8 Å². The molecule has 0 aliphatic rings. The molecule has 0 bridgehead atoms. The van der Waals surface area contributed by atoms with Crippen LogP contribution in [0.4, 0.5) is 0 Å². The lowest BCUT2D eigenvalue weighted by Crippen LogP contribution is -1.96. The fourth-order valence-corrected chi connectivity index (χ4v) is 1.12. The molecule has 5 heteroatoms. The summed E-state index contributed by atoms with van der Waals surface area (Å²) in [5.41, 5.74) is 0.434. The molecule has 1 rings (SSSR count). The molecule has 0 aliphatic carbocycles. The minimum Gasteiger partial charge on any atom is -0.492 e. The molecule has 0 unspecified atom stereocenters. The van der Waals surface area contributed by atoms with Crippen LogP contribution < -0.4 is 0 Å². The Hall–Kier alpha value is -0.800. The smallest absolute Gasteiger partial charge is 0.151 e. The zero-order valence-electron chi connectivity index (χ0n) is 7.05. The quantitative estimate of drug-likeness (QED) is 0.579. The third-order valence-corrected chi connectivity index (χ3v) is 2.07. The summed E-state index contributed by atoms with van der Waals surface area (Å²) in [6.45, 7) is 6.02. The highest BCUT2D eigenvalue weighted by molar-refractivity contribution is 6.42. The third kappa shape index (κ3) is 2.32. The predicted molar refractivity (Wildman–Crippen MR) is 52.7 cm³/mol. The number of hydrogen-bond acceptors (Lipinski definition) is 3. The molecule has 0 amide bonds. The molecule has 0 aromatic carbocycles. The van der Waals surface area contributed by atoms with Gasteiger partial charge in [0.1, 0.15) is 22.8 Å². The Morgan fingerprint density at radius 3 is 2.85 bits per heavy atom. The summed E-state index contributed by atoms with van der Waals surface area (Å²) in [7, 11) is 0. The highest BCUT2D eigenvalue weighted by atomic mass is 35.5.